The topological polar surface area (TPSA) is 40.5 Å². The van der Waals surface area contributed by atoms with Crippen molar-refractivity contribution in [2.24, 2.45) is 0 Å². The summed E-state index contributed by atoms with van der Waals surface area (Å²) < 4.78 is 0. The lowest BCUT2D eigenvalue weighted by Crippen LogP contribution is -2.33. The summed E-state index contributed by atoms with van der Waals surface area (Å²) in [6.45, 7) is 1.64. The molecule has 1 rings (SSSR count). The average molecular weight is 184 g/mol. The Balaban J connectivity index is 2.98. The summed E-state index contributed by atoms with van der Waals surface area (Å²) in [7, 11) is 0. The van der Waals surface area contributed by atoms with Crippen LogP contribution in [0.3, 0.4) is 0 Å². The molecule has 0 aliphatic rings. The zero-order chi connectivity index (χ0) is 9.19. The van der Waals surface area contributed by atoms with Crippen LogP contribution in [-0.2, 0) is 5.79 Å². The van der Waals surface area contributed by atoms with Crippen LogP contribution in [-0.4, -0.2) is 15.5 Å². The standard InChI is InChI=1S/C9H12O2S/c1-7(12)9(10,11)8-5-3-2-4-6-8/h2-7,10-12H,1H3. The van der Waals surface area contributed by atoms with Crippen molar-refractivity contribution in [2.45, 2.75) is 18.0 Å². The van der Waals surface area contributed by atoms with Gasteiger partial charge in [-0.2, -0.15) is 12.6 Å². The summed E-state index contributed by atoms with van der Waals surface area (Å²) in [4.78, 5) is 0. The maximum absolute atomic E-state index is 9.54. The predicted octanol–water partition coefficient (Wildman–Crippen LogP) is 1.14. The Morgan fingerprint density at radius 2 is 1.75 bits per heavy atom. The monoisotopic (exact) mass is 184 g/mol. The van der Waals surface area contributed by atoms with Gasteiger partial charge in [-0.3, -0.25) is 0 Å². The van der Waals surface area contributed by atoms with Crippen LogP contribution in [0.25, 0.3) is 0 Å². The molecule has 1 aromatic carbocycles. The van der Waals surface area contributed by atoms with Gasteiger partial charge in [0.25, 0.3) is 0 Å². The highest BCUT2D eigenvalue weighted by molar-refractivity contribution is 7.81. The van der Waals surface area contributed by atoms with E-state index in [0.717, 1.165) is 0 Å². The van der Waals surface area contributed by atoms with E-state index < -0.39 is 11.0 Å². The Morgan fingerprint density at radius 1 is 1.25 bits per heavy atom. The van der Waals surface area contributed by atoms with Crippen molar-refractivity contribution in [3.8, 4) is 0 Å². The minimum absolute atomic E-state index is 0.465. The molecule has 0 spiro atoms. The lowest BCUT2D eigenvalue weighted by molar-refractivity contribution is -0.165. The summed E-state index contributed by atoms with van der Waals surface area (Å²) >= 11 is 3.99. The molecule has 0 saturated heterocycles. The SMILES string of the molecule is CC(S)C(O)(O)c1ccccc1. The third-order valence-electron chi connectivity index (χ3n) is 1.78. The molecule has 3 heteroatoms. The second-order valence-electron chi connectivity index (χ2n) is 2.77. The lowest BCUT2D eigenvalue weighted by atomic mass is 10.0. The zero-order valence-corrected chi connectivity index (χ0v) is 7.70. The number of rotatable bonds is 2. The van der Waals surface area contributed by atoms with E-state index in [9.17, 15) is 10.2 Å². The van der Waals surface area contributed by atoms with Gasteiger partial charge in [-0.05, 0) is 6.92 Å². The van der Waals surface area contributed by atoms with E-state index in [1.165, 1.54) is 0 Å². The third kappa shape index (κ3) is 1.80. The fraction of sp³-hybridized carbons (Fsp3) is 0.333. The third-order valence-corrected chi connectivity index (χ3v) is 2.14. The number of hydrogen-bond acceptors (Lipinski definition) is 3. The number of benzene rings is 1. The molecule has 0 amide bonds. The Hall–Kier alpha value is -0.510. The first-order valence-electron chi connectivity index (χ1n) is 3.73. The van der Waals surface area contributed by atoms with Gasteiger partial charge in [0.2, 0.25) is 5.79 Å². The molecule has 2 nitrogen and oxygen atoms in total. The minimum atomic E-state index is -1.84. The molecule has 1 unspecified atom stereocenters. The van der Waals surface area contributed by atoms with Crippen molar-refractivity contribution in [3.63, 3.8) is 0 Å². The first-order valence-corrected chi connectivity index (χ1v) is 4.25. The van der Waals surface area contributed by atoms with Crippen molar-refractivity contribution in [3.05, 3.63) is 35.9 Å². The van der Waals surface area contributed by atoms with Crippen molar-refractivity contribution in [1.29, 1.82) is 0 Å². The molecule has 66 valence electrons. The molecule has 0 aliphatic heterocycles. The molecule has 0 aliphatic carbocycles. The zero-order valence-electron chi connectivity index (χ0n) is 6.81. The largest absolute Gasteiger partial charge is 0.361 e. The fourth-order valence-electron chi connectivity index (χ4n) is 0.925. The van der Waals surface area contributed by atoms with Gasteiger partial charge < -0.3 is 10.2 Å². The van der Waals surface area contributed by atoms with E-state index in [2.05, 4.69) is 12.6 Å². The summed E-state index contributed by atoms with van der Waals surface area (Å²) in [5, 5.41) is 18.6. The molecular weight excluding hydrogens is 172 g/mol. The van der Waals surface area contributed by atoms with Crippen LogP contribution in [0, 0.1) is 0 Å². The Bertz CT molecular complexity index is 244. The van der Waals surface area contributed by atoms with Gasteiger partial charge in [0.05, 0.1) is 5.25 Å². The molecule has 1 aromatic rings. The quantitative estimate of drug-likeness (QED) is 0.476. The average Bonchev–Trinajstić information content (AvgIpc) is 2.06. The van der Waals surface area contributed by atoms with Crippen LogP contribution in [0.1, 0.15) is 12.5 Å². The van der Waals surface area contributed by atoms with Crippen molar-refractivity contribution >= 4 is 12.6 Å². The molecule has 0 saturated carbocycles. The normalized spacial score (nSPS) is 14.3. The fourth-order valence-corrected chi connectivity index (χ4v) is 1.07. The molecule has 0 fully saturated rings. The van der Waals surface area contributed by atoms with Gasteiger partial charge >= 0.3 is 0 Å². The molecule has 0 aromatic heterocycles. The molecule has 0 heterocycles. The van der Waals surface area contributed by atoms with Gasteiger partial charge in [-0.15, -0.1) is 0 Å². The molecule has 2 N–H and O–H groups in total. The van der Waals surface area contributed by atoms with E-state index in [4.69, 9.17) is 0 Å². The highest BCUT2D eigenvalue weighted by Gasteiger charge is 2.30. The molecular formula is C9H12O2S. The second-order valence-corrected chi connectivity index (χ2v) is 3.54. The minimum Gasteiger partial charge on any atom is -0.361 e. The number of hydrogen-bond donors (Lipinski definition) is 3. The van der Waals surface area contributed by atoms with Crippen LogP contribution in [0.4, 0.5) is 0 Å². The van der Waals surface area contributed by atoms with Gasteiger partial charge in [-0.25, -0.2) is 0 Å². The van der Waals surface area contributed by atoms with Gasteiger partial charge in [0.1, 0.15) is 0 Å². The van der Waals surface area contributed by atoms with Crippen LogP contribution < -0.4 is 0 Å². The van der Waals surface area contributed by atoms with E-state index >= 15 is 0 Å². The van der Waals surface area contributed by atoms with Crippen molar-refractivity contribution in [1.82, 2.24) is 0 Å². The Morgan fingerprint density at radius 3 is 2.17 bits per heavy atom. The smallest absolute Gasteiger partial charge is 0.201 e. The summed E-state index contributed by atoms with van der Waals surface area (Å²) in [5.74, 6) is -1.84. The Kier molecular flexibility index (Phi) is 2.77. The van der Waals surface area contributed by atoms with E-state index in [0.29, 0.717) is 5.56 Å². The molecule has 12 heavy (non-hydrogen) atoms. The maximum atomic E-state index is 9.54. The number of aliphatic hydroxyl groups is 2. The van der Waals surface area contributed by atoms with Crippen LogP contribution >= 0.6 is 12.6 Å². The summed E-state index contributed by atoms with van der Waals surface area (Å²) in [5.41, 5.74) is 0.465. The summed E-state index contributed by atoms with van der Waals surface area (Å²) in [6.07, 6.45) is 0. The lowest BCUT2D eigenvalue weighted by Gasteiger charge is -2.25. The van der Waals surface area contributed by atoms with E-state index in [1.807, 2.05) is 6.07 Å². The number of thiol groups is 1. The van der Waals surface area contributed by atoms with Gasteiger partial charge in [0.15, 0.2) is 0 Å². The molecule has 1 atom stereocenters. The van der Waals surface area contributed by atoms with E-state index in [-0.39, 0.29) is 0 Å². The van der Waals surface area contributed by atoms with Crippen LogP contribution in [0.15, 0.2) is 30.3 Å². The predicted molar refractivity (Wildman–Crippen MR) is 51.0 cm³/mol. The van der Waals surface area contributed by atoms with E-state index in [1.54, 1.807) is 31.2 Å². The highest BCUT2D eigenvalue weighted by Crippen LogP contribution is 2.24. The maximum Gasteiger partial charge on any atom is 0.201 e. The van der Waals surface area contributed by atoms with Crippen molar-refractivity contribution in [2.75, 3.05) is 0 Å². The van der Waals surface area contributed by atoms with Crippen molar-refractivity contribution < 1.29 is 10.2 Å². The molecule has 0 bridgehead atoms. The van der Waals surface area contributed by atoms with Gasteiger partial charge in [-0.1, -0.05) is 30.3 Å². The highest BCUT2D eigenvalue weighted by atomic mass is 32.1. The van der Waals surface area contributed by atoms with Crippen LogP contribution in [0.5, 0.6) is 0 Å². The summed E-state index contributed by atoms with van der Waals surface area (Å²) in [6, 6.07) is 8.65. The van der Waals surface area contributed by atoms with Crippen LogP contribution in [0.2, 0.25) is 0 Å². The first kappa shape index (κ1) is 9.58. The molecule has 0 radical (unpaired) electrons. The first-order chi connectivity index (χ1) is 5.55. The van der Waals surface area contributed by atoms with Gasteiger partial charge in [0, 0.05) is 5.56 Å². The second kappa shape index (κ2) is 3.47. The Labute approximate surface area is 77.3 Å².